The molecule has 2 bridgehead atoms. The average molecular weight is 367 g/mol. The van der Waals surface area contributed by atoms with Crippen LogP contribution in [-0.2, 0) is 11.8 Å². The monoisotopic (exact) mass is 367 g/mol. The van der Waals surface area contributed by atoms with E-state index >= 15 is 0 Å². The quantitative estimate of drug-likeness (QED) is 0.725. The summed E-state index contributed by atoms with van der Waals surface area (Å²) >= 11 is 0. The minimum atomic E-state index is -1.16. The Balaban J connectivity index is 1.59. The fourth-order valence-electron chi connectivity index (χ4n) is 6.67. The number of rotatable bonds is 2. The summed E-state index contributed by atoms with van der Waals surface area (Å²) in [6, 6.07) is 5.95. The summed E-state index contributed by atoms with van der Waals surface area (Å²) in [5.41, 5.74) is 5.74. The van der Waals surface area contributed by atoms with E-state index in [9.17, 15) is 15.5 Å². The van der Waals surface area contributed by atoms with Crippen LogP contribution in [0.3, 0.4) is 0 Å². The second-order valence-electron chi connectivity index (χ2n) is 9.40. The normalized spacial score (nSPS) is 44.3. The lowest BCUT2D eigenvalue weighted by Crippen LogP contribution is -2.80. The van der Waals surface area contributed by atoms with Gasteiger partial charge in [-0.1, -0.05) is 6.07 Å². The number of ether oxygens (including phenoxy) is 1. The number of nitrogens with two attached hydrogens (primary N) is 1. The molecule has 6 nitrogen and oxygen atoms in total. The van der Waals surface area contributed by atoms with E-state index < -0.39 is 22.7 Å². The molecule has 2 aliphatic heterocycles. The minimum absolute atomic E-state index is 0.0178. The minimum Gasteiger partial charge on any atom is -0.504 e. The molecule has 4 N–H and O–H groups in total. The molecule has 1 aromatic rings. The second-order valence-corrected chi connectivity index (χ2v) is 9.40. The molecule has 142 valence electrons. The third-order valence-electron chi connectivity index (χ3n) is 8.11. The third kappa shape index (κ3) is 1.72. The maximum atomic E-state index is 12.2. The van der Waals surface area contributed by atoms with Crippen molar-refractivity contribution in [3.8, 4) is 17.6 Å². The molecule has 2 heterocycles. The van der Waals surface area contributed by atoms with Crippen LogP contribution in [0.4, 0.5) is 0 Å². The lowest BCUT2D eigenvalue weighted by atomic mass is 9.46. The molecule has 1 spiro atoms. The van der Waals surface area contributed by atoms with Gasteiger partial charge < -0.3 is 20.7 Å². The number of piperidine rings is 1. The van der Waals surface area contributed by atoms with Gasteiger partial charge in [0.15, 0.2) is 11.5 Å². The molecular formula is C21H25N3O3. The van der Waals surface area contributed by atoms with Crippen molar-refractivity contribution >= 4 is 0 Å². The van der Waals surface area contributed by atoms with Crippen LogP contribution in [0.25, 0.3) is 0 Å². The van der Waals surface area contributed by atoms with Crippen LogP contribution >= 0.6 is 0 Å². The molecule has 0 unspecified atom stereocenters. The zero-order chi connectivity index (χ0) is 18.6. The number of likely N-dealkylation sites (tertiary alicyclic amines) is 1. The Hall–Kier alpha value is -1.81. The first-order valence-electron chi connectivity index (χ1n) is 10.1. The molecule has 3 fully saturated rings. The predicted molar refractivity (Wildman–Crippen MR) is 97.3 cm³/mol. The Kier molecular flexibility index (Phi) is 2.86. The SMILES string of the molecule is N#C[C@@]1(N)CC[C@@]2(O)[C@H]3Cc4ccc(O)c5c4[C@@]2(CCN3CC2CC2)[C@H]1O5. The first-order valence-corrected chi connectivity index (χ1v) is 10.1. The Morgan fingerprint density at radius 3 is 2.85 bits per heavy atom. The summed E-state index contributed by atoms with van der Waals surface area (Å²) < 4.78 is 6.23. The summed E-state index contributed by atoms with van der Waals surface area (Å²) in [6.07, 6.45) is 4.32. The predicted octanol–water partition coefficient (Wildman–Crippen LogP) is 1.18. The van der Waals surface area contributed by atoms with Gasteiger partial charge in [0.25, 0.3) is 0 Å². The van der Waals surface area contributed by atoms with Crippen LogP contribution in [0, 0.1) is 17.2 Å². The highest BCUT2D eigenvalue weighted by molar-refractivity contribution is 5.63. The molecule has 1 aromatic carbocycles. The van der Waals surface area contributed by atoms with E-state index in [1.807, 2.05) is 6.07 Å². The molecule has 0 aromatic heterocycles. The standard InChI is InChI=1S/C21H25N3O3/c22-11-19(23)5-6-21(26)15-9-13-3-4-14(25)17-16(13)20(21,18(19)27-17)7-8-24(15)10-12-1-2-12/h3-4,12,15,18,25-26H,1-2,5-10,23H2/t15-,18+,19+,20+,21-/m1/s1. The number of nitriles is 1. The first-order chi connectivity index (χ1) is 12.9. The van der Waals surface area contributed by atoms with E-state index in [1.165, 1.54) is 12.8 Å². The molecule has 0 amide bonds. The Bertz CT molecular complexity index is 893. The van der Waals surface area contributed by atoms with Crippen LogP contribution in [-0.4, -0.2) is 51.5 Å². The van der Waals surface area contributed by atoms with Crippen molar-refractivity contribution in [3.63, 3.8) is 0 Å². The van der Waals surface area contributed by atoms with Gasteiger partial charge in [-0.3, -0.25) is 4.90 Å². The third-order valence-corrected chi connectivity index (χ3v) is 8.11. The first kappa shape index (κ1) is 16.2. The lowest BCUT2D eigenvalue weighted by Gasteiger charge is -2.65. The highest BCUT2D eigenvalue weighted by Crippen LogP contribution is 2.66. The van der Waals surface area contributed by atoms with E-state index in [0.29, 0.717) is 25.0 Å². The molecule has 6 rings (SSSR count). The number of phenolic OH excluding ortho intramolecular Hbond substituents is 1. The van der Waals surface area contributed by atoms with Gasteiger partial charge in [0.05, 0.1) is 17.1 Å². The number of hydrogen-bond donors (Lipinski definition) is 3. The van der Waals surface area contributed by atoms with E-state index in [-0.39, 0.29) is 11.8 Å². The second kappa shape index (κ2) is 4.78. The summed E-state index contributed by atoms with van der Waals surface area (Å²) in [7, 11) is 0. The van der Waals surface area contributed by atoms with Gasteiger partial charge in [-0.15, -0.1) is 0 Å². The van der Waals surface area contributed by atoms with E-state index in [4.69, 9.17) is 10.5 Å². The van der Waals surface area contributed by atoms with Crippen molar-refractivity contribution in [2.45, 2.75) is 67.2 Å². The maximum Gasteiger partial charge on any atom is 0.165 e. The lowest BCUT2D eigenvalue weighted by molar-refractivity contribution is -0.196. The number of aliphatic hydroxyl groups is 1. The van der Waals surface area contributed by atoms with Gasteiger partial charge in [0.1, 0.15) is 11.6 Å². The molecule has 6 heteroatoms. The number of hydrogen-bond acceptors (Lipinski definition) is 6. The highest BCUT2D eigenvalue weighted by atomic mass is 16.5. The zero-order valence-electron chi connectivity index (χ0n) is 15.3. The molecule has 3 aliphatic carbocycles. The number of aromatic hydroxyl groups is 1. The largest absolute Gasteiger partial charge is 0.504 e. The van der Waals surface area contributed by atoms with Gasteiger partial charge in [-0.2, -0.15) is 5.26 Å². The van der Waals surface area contributed by atoms with Crippen molar-refractivity contribution in [1.82, 2.24) is 4.90 Å². The Morgan fingerprint density at radius 2 is 2.11 bits per heavy atom. The summed E-state index contributed by atoms with van der Waals surface area (Å²) in [5.74, 6) is 1.28. The van der Waals surface area contributed by atoms with Gasteiger partial charge in [-0.05, 0) is 62.6 Å². The zero-order valence-corrected chi connectivity index (χ0v) is 15.3. The molecule has 1 saturated heterocycles. The van der Waals surface area contributed by atoms with Crippen LogP contribution in [0.5, 0.6) is 11.5 Å². The van der Waals surface area contributed by atoms with Crippen molar-refractivity contribution in [2.24, 2.45) is 11.7 Å². The topological polar surface area (TPSA) is 103 Å². The van der Waals surface area contributed by atoms with Gasteiger partial charge in [0, 0.05) is 18.2 Å². The molecule has 5 atom stereocenters. The van der Waals surface area contributed by atoms with Crippen molar-refractivity contribution in [2.75, 3.05) is 13.1 Å². The summed E-state index contributed by atoms with van der Waals surface area (Å²) in [4.78, 5) is 2.48. The van der Waals surface area contributed by atoms with Crippen LogP contribution in [0.15, 0.2) is 12.1 Å². The van der Waals surface area contributed by atoms with Crippen molar-refractivity contribution in [3.05, 3.63) is 23.3 Å². The fourth-order valence-corrected chi connectivity index (χ4v) is 6.67. The number of benzene rings is 1. The van der Waals surface area contributed by atoms with Gasteiger partial charge in [-0.25, -0.2) is 0 Å². The number of phenols is 1. The molecule has 27 heavy (non-hydrogen) atoms. The van der Waals surface area contributed by atoms with E-state index in [1.54, 1.807) is 6.07 Å². The molecule has 0 radical (unpaired) electrons. The fraction of sp³-hybridized carbons (Fsp3) is 0.667. The van der Waals surface area contributed by atoms with Crippen LogP contribution in [0.2, 0.25) is 0 Å². The summed E-state index contributed by atoms with van der Waals surface area (Å²) in [6.45, 7) is 1.92. The molecule has 5 aliphatic rings. The van der Waals surface area contributed by atoms with E-state index in [0.717, 1.165) is 36.6 Å². The Morgan fingerprint density at radius 1 is 1.30 bits per heavy atom. The molecular weight excluding hydrogens is 342 g/mol. The average Bonchev–Trinajstić information content (AvgIpc) is 3.39. The van der Waals surface area contributed by atoms with Gasteiger partial charge >= 0.3 is 0 Å². The maximum absolute atomic E-state index is 12.2. The van der Waals surface area contributed by atoms with Crippen LogP contribution < -0.4 is 10.5 Å². The summed E-state index contributed by atoms with van der Waals surface area (Å²) in [5, 5.41) is 32.5. The van der Waals surface area contributed by atoms with Crippen molar-refractivity contribution < 1.29 is 14.9 Å². The van der Waals surface area contributed by atoms with Gasteiger partial charge in [0.2, 0.25) is 0 Å². The van der Waals surface area contributed by atoms with Crippen LogP contribution in [0.1, 0.15) is 43.2 Å². The number of nitrogens with zero attached hydrogens (tertiary/aromatic N) is 2. The molecule has 2 saturated carbocycles. The smallest absolute Gasteiger partial charge is 0.165 e. The Labute approximate surface area is 158 Å². The van der Waals surface area contributed by atoms with Crippen molar-refractivity contribution in [1.29, 1.82) is 5.26 Å². The van der Waals surface area contributed by atoms with E-state index in [2.05, 4.69) is 11.0 Å². The highest BCUT2D eigenvalue weighted by Gasteiger charge is 2.75.